The van der Waals surface area contributed by atoms with Gasteiger partial charge in [0.2, 0.25) is 0 Å². The fraction of sp³-hybridized carbons (Fsp3) is 0.960. The van der Waals surface area contributed by atoms with E-state index in [1.165, 1.54) is 12.5 Å². The predicted molar refractivity (Wildman–Crippen MR) is 241 cm³/mol. The molecule has 11 N–H and O–H groups in total. The van der Waals surface area contributed by atoms with Gasteiger partial charge in [0.25, 0.3) is 0 Å². The summed E-state index contributed by atoms with van der Waals surface area (Å²) in [5, 5.41) is 119. The smallest absolute Gasteiger partial charge is 0.187 e. The minimum Gasteiger partial charge on any atom is -0.394 e. The highest BCUT2D eigenvalue weighted by Crippen LogP contribution is 2.71. The Labute approximate surface area is 414 Å². The normalized spacial score (nSPS) is 57.4. The van der Waals surface area contributed by atoms with Gasteiger partial charge in [-0.2, -0.15) is 0 Å². The summed E-state index contributed by atoms with van der Waals surface area (Å²) in [7, 11) is 0. The standard InChI is InChI=1S/C50H80O21/c1-20-8-13-50(63-18-20)21(2)32-29(71-50)15-27-25-7-6-23-14-24(9-11-48(23,4)26(25)10-12-49(27,32)5)65-47-43(70-45-38(59)36(57)33(54)22(3)64-45)39(60)41(31(17-52)67-47)68-46-40(61)42(35(56)30(16-51)66-46)69-44-37(58)34(55)28(53)19-62-44/h6,20-22,24-47,51-61H,7-19H2,1-5H3/t20-,21+,22+,24+,25-,26+,27+,28-,29+,30-,31-,32+,33+,34+,35-,36-,37-,38-,39+,40-,41-,42+,43-,44+,45+,46+,47-,48+,49+,50-/m1/s1. The number of fused-ring (bicyclic) bond motifs is 7. The molecule has 30 atom stereocenters. The van der Waals surface area contributed by atoms with Gasteiger partial charge in [-0.15, -0.1) is 0 Å². The molecule has 0 aromatic carbocycles. The Bertz CT molecular complexity index is 1870. The number of allylic oxidation sites excluding steroid dienone is 1. The van der Waals surface area contributed by atoms with Crippen molar-refractivity contribution in [2.24, 2.45) is 46.3 Å². The summed E-state index contributed by atoms with van der Waals surface area (Å²) < 4.78 is 61.6. The fourth-order valence-electron chi connectivity index (χ4n) is 15.2. The van der Waals surface area contributed by atoms with E-state index in [1.807, 2.05) is 0 Å². The predicted octanol–water partition coefficient (Wildman–Crippen LogP) is -1.32. The Kier molecular flexibility index (Phi) is 15.3. The van der Waals surface area contributed by atoms with E-state index in [9.17, 15) is 56.2 Å². The van der Waals surface area contributed by atoms with Gasteiger partial charge < -0.3 is 104 Å². The Balaban J connectivity index is 0.856. The van der Waals surface area contributed by atoms with Crippen LogP contribution >= 0.6 is 0 Å². The largest absolute Gasteiger partial charge is 0.394 e. The molecule has 1 spiro atoms. The molecule has 0 bridgehead atoms. The summed E-state index contributed by atoms with van der Waals surface area (Å²) in [6, 6.07) is 0. The van der Waals surface area contributed by atoms with E-state index in [2.05, 4.69) is 33.8 Å². The van der Waals surface area contributed by atoms with Gasteiger partial charge >= 0.3 is 0 Å². The van der Waals surface area contributed by atoms with Gasteiger partial charge in [0.1, 0.15) is 85.5 Å². The first kappa shape index (κ1) is 53.3. The van der Waals surface area contributed by atoms with Gasteiger partial charge in [-0.25, -0.2) is 0 Å². The quantitative estimate of drug-likeness (QED) is 0.113. The van der Waals surface area contributed by atoms with Crippen LogP contribution in [0.4, 0.5) is 0 Å². The van der Waals surface area contributed by atoms with E-state index in [0.717, 1.165) is 51.6 Å². The van der Waals surface area contributed by atoms with Crippen molar-refractivity contribution in [2.45, 2.75) is 227 Å². The molecule has 6 saturated heterocycles. The molecule has 0 aromatic heterocycles. The van der Waals surface area contributed by atoms with E-state index in [-0.39, 0.29) is 16.9 Å². The van der Waals surface area contributed by atoms with Crippen LogP contribution in [0.25, 0.3) is 0 Å². The van der Waals surface area contributed by atoms with Crippen molar-refractivity contribution in [2.75, 3.05) is 26.4 Å². The number of hydrogen-bond acceptors (Lipinski definition) is 21. The first-order valence-electron chi connectivity index (χ1n) is 26.3. The van der Waals surface area contributed by atoms with Crippen LogP contribution in [-0.4, -0.2) is 217 Å². The zero-order valence-electron chi connectivity index (χ0n) is 41.4. The maximum atomic E-state index is 12.3. The van der Waals surface area contributed by atoms with E-state index < -0.39 is 148 Å². The van der Waals surface area contributed by atoms with Crippen LogP contribution in [0.5, 0.6) is 0 Å². The fourth-order valence-corrected chi connectivity index (χ4v) is 15.2. The molecule has 21 nitrogen and oxygen atoms in total. The molecular formula is C50H80O21. The molecule has 9 fully saturated rings. The molecule has 10 aliphatic rings. The van der Waals surface area contributed by atoms with Crippen molar-refractivity contribution in [1.29, 1.82) is 0 Å². The minimum absolute atomic E-state index is 0.0780. The molecular weight excluding hydrogens is 937 g/mol. The van der Waals surface area contributed by atoms with Crippen LogP contribution in [0.2, 0.25) is 0 Å². The molecule has 0 unspecified atom stereocenters. The highest BCUT2D eigenvalue weighted by Gasteiger charge is 2.69. The second-order valence-corrected chi connectivity index (χ2v) is 23.4. The molecule has 3 saturated carbocycles. The second-order valence-electron chi connectivity index (χ2n) is 23.4. The lowest BCUT2D eigenvalue weighted by molar-refractivity contribution is -0.395. The van der Waals surface area contributed by atoms with Gasteiger partial charge in [0, 0.05) is 12.3 Å². The molecule has 71 heavy (non-hydrogen) atoms. The summed E-state index contributed by atoms with van der Waals surface area (Å²) in [6.07, 6.45) is -20.1. The highest BCUT2D eigenvalue weighted by atomic mass is 16.8. The average Bonchev–Trinajstić information content (AvgIpc) is 3.80. The zero-order valence-corrected chi connectivity index (χ0v) is 41.4. The average molecular weight is 1020 g/mol. The Morgan fingerprint density at radius 2 is 1.31 bits per heavy atom. The zero-order chi connectivity index (χ0) is 50.6. The summed E-state index contributed by atoms with van der Waals surface area (Å²) in [5.74, 6) is 2.38. The van der Waals surface area contributed by atoms with Gasteiger partial charge in [0.05, 0.1) is 44.7 Å². The lowest BCUT2D eigenvalue weighted by Crippen LogP contribution is -2.67. The highest BCUT2D eigenvalue weighted by molar-refractivity contribution is 5.26. The van der Waals surface area contributed by atoms with Crippen molar-refractivity contribution in [3.8, 4) is 0 Å². The van der Waals surface area contributed by atoms with Crippen LogP contribution in [0, 0.1) is 46.3 Å². The third-order valence-electron chi connectivity index (χ3n) is 19.4. The first-order chi connectivity index (χ1) is 33.7. The van der Waals surface area contributed by atoms with Crippen molar-refractivity contribution >= 4 is 0 Å². The van der Waals surface area contributed by atoms with Crippen LogP contribution in [-0.2, 0) is 47.4 Å². The molecule has 0 amide bonds. The van der Waals surface area contributed by atoms with E-state index in [4.69, 9.17) is 47.4 Å². The Hall–Kier alpha value is -1.10. The number of hydrogen-bond donors (Lipinski definition) is 11. The molecule has 10 rings (SSSR count). The maximum absolute atomic E-state index is 12.3. The SMILES string of the molecule is C[C@@H]1CC[C@@]2(OC1)O[C@H]1C[C@H]3[C@@H]4CC=C5C[C@@H](O[C@@H]6O[C@H](CO)[C@@H](O[C@@H]7O[C@H](CO)[C@@H](O)[C@H](O[C@@H]8OC[C@@H](O)[C@H](O)[C@H]8O)[C@H]7O)[C@H](O)[C@H]6O[C@@H]6O[C@@H](C)[C@H](O)[C@@H](O)[C@H]6O)CC[C@]5(C)[C@H]4CC[C@]3(C)[C@H]1[C@@H]2C. The van der Waals surface area contributed by atoms with Crippen LogP contribution in [0.1, 0.15) is 92.4 Å². The molecule has 21 heteroatoms. The number of ether oxygens (including phenoxy) is 10. The van der Waals surface area contributed by atoms with E-state index in [0.29, 0.717) is 48.3 Å². The van der Waals surface area contributed by atoms with E-state index in [1.54, 1.807) is 0 Å². The van der Waals surface area contributed by atoms with Gasteiger partial charge in [-0.1, -0.05) is 39.3 Å². The van der Waals surface area contributed by atoms with Crippen LogP contribution in [0.3, 0.4) is 0 Å². The van der Waals surface area contributed by atoms with Crippen molar-refractivity contribution in [3.05, 3.63) is 11.6 Å². The summed E-state index contributed by atoms with van der Waals surface area (Å²) in [6.45, 7) is 9.73. The van der Waals surface area contributed by atoms with Crippen molar-refractivity contribution < 1.29 is 104 Å². The van der Waals surface area contributed by atoms with Gasteiger partial charge in [-0.05, 0) is 98.7 Å². The molecule has 0 aromatic rings. The van der Waals surface area contributed by atoms with Gasteiger partial charge in [0.15, 0.2) is 30.9 Å². The molecule has 6 heterocycles. The summed E-state index contributed by atoms with van der Waals surface area (Å²) in [5.41, 5.74) is 1.38. The molecule has 4 aliphatic carbocycles. The monoisotopic (exact) mass is 1020 g/mol. The third-order valence-corrected chi connectivity index (χ3v) is 19.4. The lowest BCUT2D eigenvalue weighted by atomic mass is 9.47. The maximum Gasteiger partial charge on any atom is 0.187 e. The first-order valence-corrected chi connectivity index (χ1v) is 26.3. The summed E-state index contributed by atoms with van der Waals surface area (Å²) in [4.78, 5) is 0. The number of rotatable bonds is 10. The number of aliphatic hydroxyl groups is 11. The third kappa shape index (κ3) is 9.12. The topological polar surface area (TPSA) is 315 Å². The lowest BCUT2D eigenvalue weighted by Gasteiger charge is -2.59. The Morgan fingerprint density at radius 3 is 2.03 bits per heavy atom. The molecule has 6 aliphatic heterocycles. The van der Waals surface area contributed by atoms with Crippen LogP contribution < -0.4 is 0 Å². The second kappa shape index (κ2) is 20.4. The van der Waals surface area contributed by atoms with E-state index >= 15 is 0 Å². The van der Waals surface area contributed by atoms with Crippen LogP contribution in [0.15, 0.2) is 11.6 Å². The minimum atomic E-state index is -1.93. The molecule has 406 valence electrons. The van der Waals surface area contributed by atoms with Crippen molar-refractivity contribution in [3.63, 3.8) is 0 Å². The van der Waals surface area contributed by atoms with Gasteiger partial charge in [-0.3, -0.25) is 0 Å². The number of aliphatic hydroxyl groups excluding tert-OH is 11. The Morgan fingerprint density at radius 1 is 0.620 bits per heavy atom. The molecule has 0 radical (unpaired) electrons. The van der Waals surface area contributed by atoms with Crippen molar-refractivity contribution in [1.82, 2.24) is 0 Å². The summed E-state index contributed by atoms with van der Waals surface area (Å²) >= 11 is 0.